The summed E-state index contributed by atoms with van der Waals surface area (Å²) in [6, 6.07) is 71.6. The van der Waals surface area contributed by atoms with Crippen molar-refractivity contribution >= 4 is 34.1 Å². The van der Waals surface area contributed by atoms with Gasteiger partial charge in [0.05, 0.1) is 23.3 Å². The zero-order valence-corrected chi connectivity index (χ0v) is 39.4. The Bertz CT molecular complexity index is 2980. The van der Waals surface area contributed by atoms with Gasteiger partial charge in [0, 0.05) is 34.1 Å². The summed E-state index contributed by atoms with van der Waals surface area (Å²) in [5, 5.41) is 20.0. The second-order valence-corrected chi connectivity index (χ2v) is 21.1. The van der Waals surface area contributed by atoms with Crippen LogP contribution in [0.4, 0.5) is 34.1 Å². The molecule has 0 amide bonds. The topological polar surface area (TPSA) is 54.1 Å². The smallest absolute Gasteiger partial charge is 0.0992 e. The Balaban J connectivity index is 0.824. The summed E-state index contributed by atoms with van der Waals surface area (Å²) in [4.78, 5) is 4.71. The normalized spacial score (nSPS) is 22.6. The Morgan fingerprint density at radius 1 is 0.309 bits per heavy atom. The van der Waals surface area contributed by atoms with Gasteiger partial charge in [0.1, 0.15) is 0 Å². The van der Waals surface area contributed by atoms with E-state index in [0.29, 0.717) is 11.1 Å². The molecular formula is C64H54N4. The lowest BCUT2D eigenvalue weighted by atomic mass is 9.30. The molecule has 6 fully saturated rings. The van der Waals surface area contributed by atoms with Gasteiger partial charge in [0.15, 0.2) is 0 Å². The largest absolute Gasteiger partial charge is 0.311 e. The van der Waals surface area contributed by atoms with Crippen LogP contribution in [-0.2, 0) is 21.7 Å². The average molecular weight is 879 g/mol. The highest BCUT2D eigenvalue weighted by atomic mass is 15.1. The lowest BCUT2D eigenvalue weighted by molar-refractivity contribution is -0.0742. The van der Waals surface area contributed by atoms with Crippen LogP contribution in [0.1, 0.15) is 94.2 Å². The van der Waals surface area contributed by atoms with Crippen LogP contribution in [0.2, 0.25) is 0 Å². The zero-order valence-electron chi connectivity index (χ0n) is 39.4. The molecule has 8 aromatic carbocycles. The summed E-state index contributed by atoms with van der Waals surface area (Å²) >= 11 is 0. The summed E-state index contributed by atoms with van der Waals surface area (Å²) in [6.07, 6.45) is 6.80. The van der Waals surface area contributed by atoms with Crippen LogP contribution >= 0.6 is 0 Å². The van der Waals surface area contributed by atoms with Crippen LogP contribution in [-0.4, -0.2) is 0 Å². The minimum Gasteiger partial charge on any atom is -0.311 e. The molecule has 0 unspecified atom stereocenters. The van der Waals surface area contributed by atoms with Crippen molar-refractivity contribution in [1.82, 2.24) is 0 Å². The molecule has 6 saturated carbocycles. The molecule has 8 aromatic rings. The predicted octanol–water partition coefficient (Wildman–Crippen LogP) is 16.0. The van der Waals surface area contributed by atoms with E-state index in [2.05, 4.69) is 213 Å². The first-order valence-corrected chi connectivity index (χ1v) is 24.2. The van der Waals surface area contributed by atoms with Crippen LogP contribution in [0.15, 0.2) is 182 Å². The third-order valence-electron chi connectivity index (χ3n) is 16.4. The number of anilines is 6. The predicted molar refractivity (Wildman–Crippen MR) is 277 cm³/mol. The molecule has 6 aliphatic rings. The van der Waals surface area contributed by atoms with Gasteiger partial charge in [-0.3, -0.25) is 0 Å². The van der Waals surface area contributed by atoms with Gasteiger partial charge in [0.2, 0.25) is 0 Å². The fourth-order valence-electron chi connectivity index (χ4n) is 12.7. The molecule has 4 bridgehead atoms. The van der Waals surface area contributed by atoms with Crippen molar-refractivity contribution in [2.45, 2.75) is 87.9 Å². The van der Waals surface area contributed by atoms with E-state index in [9.17, 15) is 10.5 Å². The van der Waals surface area contributed by atoms with E-state index in [1.165, 1.54) is 44.5 Å². The van der Waals surface area contributed by atoms with Crippen molar-refractivity contribution in [3.05, 3.63) is 238 Å². The SMILES string of the molecule is Cc1ccc(N(c2ccc(C)cc2)c2ccc(C34CC(c5cc(-c6cc(C#N)cc(C#N)c6)cc(C67CC(c8ccc(N(c9ccc(C)cc9)c9ccc(C)cc9)cc8)(C6)C7)c5)(C3)C4)cc2)cc1. The van der Waals surface area contributed by atoms with Crippen LogP contribution in [0.5, 0.6) is 0 Å². The Hall–Kier alpha value is -7.66. The van der Waals surface area contributed by atoms with Crippen LogP contribution in [0, 0.1) is 50.4 Å². The van der Waals surface area contributed by atoms with Gasteiger partial charge in [0.25, 0.3) is 0 Å². The fourth-order valence-corrected chi connectivity index (χ4v) is 12.7. The summed E-state index contributed by atoms with van der Waals surface area (Å²) in [7, 11) is 0. The van der Waals surface area contributed by atoms with Gasteiger partial charge >= 0.3 is 0 Å². The third kappa shape index (κ3) is 6.77. The number of nitrogens with zero attached hydrogens (tertiary/aromatic N) is 4. The number of aryl methyl sites for hydroxylation is 4. The monoisotopic (exact) mass is 878 g/mol. The van der Waals surface area contributed by atoms with Gasteiger partial charge in [-0.2, -0.15) is 10.5 Å². The molecule has 0 radical (unpaired) electrons. The molecule has 4 heteroatoms. The molecule has 0 saturated heterocycles. The first-order chi connectivity index (χ1) is 33.0. The van der Waals surface area contributed by atoms with Crippen molar-refractivity contribution in [2.24, 2.45) is 0 Å². The summed E-state index contributed by atoms with van der Waals surface area (Å²) in [5.41, 5.74) is 21.4. The highest BCUT2D eigenvalue weighted by Gasteiger charge is 2.71. The number of hydrogen-bond donors (Lipinski definition) is 0. The van der Waals surface area contributed by atoms with Crippen LogP contribution < -0.4 is 9.80 Å². The minimum atomic E-state index is 0.127. The Morgan fingerprint density at radius 3 is 0.838 bits per heavy atom. The van der Waals surface area contributed by atoms with Crippen molar-refractivity contribution in [3.63, 3.8) is 0 Å². The fraction of sp³-hybridized carbons (Fsp3) is 0.219. The van der Waals surface area contributed by atoms with Gasteiger partial charge in [-0.25, -0.2) is 0 Å². The highest BCUT2D eigenvalue weighted by Crippen LogP contribution is 2.76. The number of nitriles is 2. The number of hydrogen-bond acceptors (Lipinski definition) is 4. The molecule has 330 valence electrons. The molecule has 4 nitrogen and oxygen atoms in total. The molecule has 0 spiro atoms. The second-order valence-electron chi connectivity index (χ2n) is 21.1. The van der Waals surface area contributed by atoms with E-state index in [4.69, 9.17) is 0 Å². The molecule has 0 heterocycles. The Kier molecular flexibility index (Phi) is 9.48. The Labute approximate surface area is 401 Å². The number of benzene rings is 8. The molecule has 6 aliphatic carbocycles. The maximum Gasteiger partial charge on any atom is 0.0992 e. The molecule has 0 aromatic heterocycles. The summed E-state index contributed by atoms with van der Waals surface area (Å²) in [6.45, 7) is 8.55. The van der Waals surface area contributed by atoms with Gasteiger partial charge < -0.3 is 9.80 Å². The van der Waals surface area contributed by atoms with Crippen molar-refractivity contribution in [3.8, 4) is 23.3 Å². The average Bonchev–Trinajstić information content (AvgIpc) is 3.30. The maximum atomic E-state index is 9.98. The second kappa shape index (κ2) is 15.4. The number of rotatable bonds is 11. The van der Waals surface area contributed by atoms with E-state index < -0.39 is 0 Å². The van der Waals surface area contributed by atoms with E-state index in [-0.39, 0.29) is 21.7 Å². The lowest BCUT2D eigenvalue weighted by Gasteiger charge is -2.73. The summed E-state index contributed by atoms with van der Waals surface area (Å²) < 4.78 is 0. The molecule has 0 N–H and O–H groups in total. The molecular weight excluding hydrogens is 825 g/mol. The first kappa shape index (κ1) is 41.7. The maximum absolute atomic E-state index is 9.98. The first-order valence-electron chi connectivity index (χ1n) is 24.2. The minimum absolute atomic E-state index is 0.127. The van der Waals surface area contributed by atoms with E-state index in [0.717, 1.165) is 83.8 Å². The molecule has 0 atom stereocenters. The molecule has 0 aliphatic heterocycles. The summed E-state index contributed by atoms with van der Waals surface area (Å²) in [5.74, 6) is 0. The quantitative estimate of drug-likeness (QED) is 0.130. The van der Waals surface area contributed by atoms with E-state index >= 15 is 0 Å². The van der Waals surface area contributed by atoms with Crippen molar-refractivity contribution < 1.29 is 0 Å². The zero-order chi connectivity index (χ0) is 46.4. The third-order valence-corrected chi connectivity index (χ3v) is 16.4. The van der Waals surface area contributed by atoms with Crippen molar-refractivity contribution in [1.29, 1.82) is 10.5 Å². The van der Waals surface area contributed by atoms with Crippen LogP contribution in [0.3, 0.4) is 0 Å². The van der Waals surface area contributed by atoms with E-state index in [1.807, 2.05) is 12.1 Å². The highest BCUT2D eigenvalue weighted by molar-refractivity contribution is 5.79. The van der Waals surface area contributed by atoms with Crippen molar-refractivity contribution in [2.75, 3.05) is 9.80 Å². The van der Waals surface area contributed by atoms with E-state index in [1.54, 1.807) is 6.07 Å². The lowest BCUT2D eigenvalue weighted by Crippen LogP contribution is -2.68. The van der Waals surface area contributed by atoms with Gasteiger partial charge in [-0.15, -0.1) is 0 Å². The Morgan fingerprint density at radius 2 is 0.559 bits per heavy atom. The van der Waals surface area contributed by atoms with Crippen LogP contribution in [0.25, 0.3) is 11.1 Å². The van der Waals surface area contributed by atoms with Gasteiger partial charge in [-0.05, 0) is 212 Å². The standard InChI is InChI=1S/C64H54N4/c1-43-5-17-55(18-6-43)67(56-19-7-44(2)8-20-56)59-25-13-51(14-26-59)61-37-63(38-61,39-61)53-32-50(49-30-47(35-65)29-48(31-49)36-66)33-54(34-53)64-40-62(41-64,42-64)52-15-27-60(28-16-52)68(57-21-9-45(3)10-22-57)58-23-11-46(4)12-24-58/h5-34H,37-42H2,1-4H3. The molecule has 68 heavy (non-hydrogen) atoms. The molecule has 14 rings (SSSR count). The van der Waals surface area contributed by atoms with Gasteiger partial charge in [-0.1, -0.05) is 113 Å².